The van der Waals surface area contributed by atoms with E-state index in [0.29, 0.717) is 11.4 Å². The first-order valence-electron chi connectivity index (χ1n) is 7.22. The van der Waals surface area contributed by atoms with Gasteiger partial charge < -0.3 is 15.4 Å². The Kier molecular flexibility index (Phi) is 4.71. The Labute approximate surface area is 131 Å². The van der Waals surface area contributed by atoms with Gasteiger partial charge >= 0.3 is 6.03 Å². The third-order valence-corrected chi connectivity index (χ3v) is 3.31. The second-order valence-electron chi connectivity index (χ2n) is 6.11. The predicted octanol–water partition coefficient (Wildman–Crippen LogP) is 4.64. The van der Waals surface area contributed by atoms with Crippen molar-refractivity contribution in [3.8, 4) is 5.75 Å². The van der Waals surface area contributed by atoms with Gasteiger partial charge in [-0.05, 0) is 29.2 Å². The summed E-state index contributed by atoms with van der Waals surface area (Å²) in [4.78, 5) is 12.2. The molecule has 4 nitrogen and oxygen atoms in total. The molecule has 0 heterocycles. The van der Waals surface area contributed by atoms with Gasteiger partial charge in [0.15, 0.2) is 0 Å². The lowest BCUT2D eigenvalue weighted by molar-refractivity contribution is 0.262. The van der Waals surface area contributed by atoms with Crippen LogP contribution >= 0.6 is 0 Å². The molecule has 4 heteroatoms. The number of urea groups is 1. The fourth-order valence-corrected chi connectivity index (χ4v) is 2.23. The monoisotopic (exact) mass is 298 g/mol. The van der Waals surface area contributed by atoms with Crippen LogP contribution in [0.3, 0.4) is 0 Å². The first kappa shape index (κ1) is 15.9. The van der Waals surface area contributed by atoms with Crippen molar-refractivity contribution in [2.45, 2.75) is 26.2 Å². The highest BCUT2D eigenvalue weighted by atomic mass is 16.5. The van der Waals surface area contributed by atoms with Crippen LogP contribution in [0.1, 0.15) is 26.3 Å². The van der Waals surface area contributed by atoms with E-state index in [0.717, 1.165) is 11.3 Å². The zero-order valence-corrected chi connectivity index (χ0v) is 13.4. The van der Waals surface area contributed by atoms with Crippen LogP contribution < -0.4 is 15.4 Å². The molecular weight excluding hydrogens is 276 g/mol. The number of para-hydroxylation sites is 1. The Morgan fingerprint density at radius 1 is 1.00 bits per heavy atom. The number of hydrogen-bond donors (Lipinski definition) is 2. The molecule has 0 atom stereocenters. The van der Waals surface area contributed by atoms with Crippen LogP contribution in [0, 0.1) is 0 Å². The van der Waals surface area contributed by atoms with E-state index in [4.69, 9.17) is 4.74 Å². The van der Waals surface area contributed by atoms with Gasteiger partial charge in [0.1, 0.15) is 5.75 Å². The first-order chi connectivity index (χ1) is 10.4. The molecule has 0 aliphatic rings. The summed E-state index contributed by atoms with van der Waals surface area (Å²) >= 11 is 0. The number of carbonyl (C=O) groups is 1. The summed E-state index contributed by atoms with van der Waals surface area (Å²) in [6.07, 6.45) is 0. The van der Waals surface area contributed by atoms with Crippen LogP contribution in [0.2, 0.25) is 0 Å². The topological polar surface area (TPSA) is 50.4 Å². The van der Waals surface area contributed by atoms with Crippen molar-refractivity contribution >= 4 is 17.4 Å². The molecule has 0 aromatic heterocycles. The summed E-state index contributed by atoms with van der Waals surface area (Å²) in [7, 11) is 1.60. The Balaban J connectivity index is 2.13. The van der Waals surface area contributed by atoms with Gasteiger partial charge in [-0.3, -0.25) is 0 Å². The maximum atomic E-state index is 12.2. The number of ether oxygens (including phenoxy) is 1. The second-order valence-corrected chi connectivity index (χ2v) is 6.11. The minimum Gasteiger partial charge on any atom is -0.497 e. The molecule has 0 unspecified atom stereocenters. The summed E-state index contributed by atoms with van der Waals surface area (Å²) in [5, 5.41) is 5.73. The molecule has 0 fully saturated rings. The summed E-state index contributed by atoms with van der Waals surface area (Å²) in [5.41, 5.74) is 2.55. The van der Waals surface area contributed by atoms with Crippen molar-refractivity contribution in [3.63, 3.8) is 0 Å². The van der Waals surface area contributed by atoms with Crippen molar-refractivity contribution in [1.82, 2.24) is 0 Å². The normalized spacial score (nSPS) is 10.9. The number of benzene rings is 2. The zero-order valence-electron chi connectivity index (χ0n) is 13.4. The van der Waals surface area contributed by atoms with Gasteiger partial charge in [-0.2, -0.15) is 0 Å². The van der Waals surface area contributed by atoms with E-state index in [1.54, 1.807) is 13.2 Å². The van der Waals surface area contributed by atoms with Crippen LogP contribution in [0.5, 0.6) is 5.75 Å². The first-order valence-corrected chi connectivity index (χ1v) is 7.22. The van der Waals surface area contributed by atoms with E-state index in [9.17, 15) is 4.79 Å². The lowest BCUT2D eigenvalue weighted by Gasteiger charge is -2.23. The van der Waals surface area contributed by atoms with Crippen molar-refractivity contribution in [3.05, 3.63) is 54.1 Å². The van der Waals surface area contributed by atoms with Gasteiger partial charge in [-0.25, -0.2) is 4.79 Å². The molecule has 116 valence electrons. The standard InChI is InChI=1S/C18H22N2O2/c1-18(2,3)15-10-5-6-11-16(15)20-17(21)19-13-8-7-9-14(12-13)22-4/h5-12H,1-4H3,(H2,19,20,21). The molecule has 0 spiro atoms. The summed E-state index contributed by atoms with van der Waals surface area (Å²) in [5.74, 6) is 0.702. The highest BCUT2D eigenvalue weighted by Crippen LogP contribution is 2.29. The van der Waals surface area contributed by atoms with Gasteiger partial charge in [0.05, 0.1) is 7.11 Å². The predicted molar refractivity (Wildman–Crippen MR) is 90.8 cm³/mol. The number of hydrogen-bond acceptors (Lipinski definition) is 2. The van der Waals surface area contributed by atoms with Crippen LogP contribution in [0.15, 0.2) is 48.5 Å². The molecular formula is C18H22N2O2. The van der Waals surface area contributed by atoms with E-state index >= 15 is 0 Å². The lowest BCUT2D eigenvalue weighted by Crippen LogP contribution is -2.22. The molecule has 0 radical (unpaired) electrons. The fraction of sp³-hybridized carbons (Fsp3) is 0.278. The second kappa shape index (κ2) is 6.52. The third-order valence-electron chi connectivity index (χ3n) is 3.31. The number of methoxy groups -OCH3 is 1. The summed E-state index contributed by atoms with van der Waals surface area (Å²) in [6, 6.07) is 14.8. The maximum absolute atomic E-state index is 12.2. The molecule has 0 bridgehead atoms. The van der Waals surface area contributed by atoms with E-state index in [1.807, 2.05) is 42.5 Å². The van der Waals surface area contributed by atoms with Crippen LogP contribution in [0.25, 0.3) is 0 Å². The largest absolute Gasteiger partial charge is 0.497 e. The molecule has 22 heavy (non-hydrogen) atoms. The molecule has 0 saturated carbocycles. The van der Waals surface area contributed by atoms with Crippen LogP contribution in [-0.4, -0.2) is 13.1 Å². The van der Waals surface area contributed by atoms with E-state index in [1.165, 1.54) is 0 Å². The average molecular weight is 298 g/mol. The van der Waals surface area contributed by atoms with Gasteiger partial charge in [-0.1, -0.05) is 45.0 Å². The van der Waals surface area contributed by atoms with E-state index in [2.05, 4.69) is 31.4 Å². The van der Waals surface area contributed by atoms with Crippen LogP contribution in [0.4, 0.5) is 16.2 Å². The highest BCUT2D eigenvalue weighted by Gasteiger charge is 2.18. The van der Waals surface area contributed by atoms with Crippen molar-refractivity contribution in [2.24, 2.45) is 0 Å². The van der Waals surface area contributed by atoms with Crippen molar-refractivity contribution in [2.75, 3.05) is 17.7 Å². The number of amides is 2. The molecule has 2 N–H and O–H groups in total. The Morgan fingerprint density at radius 3 is 2.41 bits per heavy atom. The smallest absolute Gasteiger partial charge is 0.323 e. The summed E-state index contributed by atoms with van der Waals surface area (Å²) in [6.45, 7) is 6.36. The maximum Gasteiger partial charge on any atom is 0.323 e. The molecule has 2 aromatic rings. The number of nitrogens with one attached hydrogen (secondary N) is 2. The van der Waals surface area contributed by atoms with Gasteiger partial charge in [0, 0.05) is 17.4 Å². The zero-order chi connectivity index (χ0) is 16.2. The minimum absolute atomic E-state index is 0.0418. The number of rotatable bonds is 3. The SMILES string of the molecule is COc1cccc(NC(=O)Nc2ccccc2C(C)(C)C)c1. The molecule has 0 aliphatic carbocycles. The average Bonchev–Trinajstić information content (AvgIpc) is 2.46. The van der Waals surface area contributed by atoms with Crippen LogP contribution in [-0.2, 0) is 5.41 Å². The highest BCUT2D eigenvalue weighted by molar-refractivity contribution is 6.00. The van der Waals surface area contributed by atoms with Crippen molar-refractivity contribution < 1.29 is 9.53 Å². The minimum atomic E-state index is -0.273. The quantitative estimate of drug-likeness (QED) is 0.867. The van der Waals surface area contributed by atoms with Gasteiger partial charge in [-0.15, -0.1) is 0 Å². The molecule has 0 saturated heterocycles. The summed E-state index contributed by atoms with van der Waals surface area (Å²) < 4.78 is 5.15. The molecule has 0 aliphatic heterocycles. The van der Waals surface area contributed by atoms with Gasteiger partial charge in [0.25, 0.3) is 0 Å². The van der Waals surface area contributed by atoms with E-state index in [-0.39, 0.29) is 11.4 Å². The third kappa shape index (κ3) is 4.01. The van der Waals surface area contributed by atoms with Gasteiger partial charge in [0.2, 0.25) is 0 Å². The van der Waals surface area contributed by atoms with E-state index < -0.39 is 0 Å². The molecule has 2 aromatic carbocycles. The fourth-order valence-electron chi connectivity index (χ4n) is 2.23. The number of carbonyl (C=O) groups excluding carboxylic acids is 1. The molecule has 2 rings (SSSR count). The van der Waals surface area contributed by atoms with Crippen molar-refractivity contribution in [1.29, 1.82) is 0 Å². The Bertz CT molecular complexity index is 660. The number of anilines is 2. The molecule has 2 amide bonds. The lowest BCUT2D eigenvalue weighted by atomic mass is 9.86. The Hall–Kier alpha value is -2.49. The Morgan fingerprint density at radius 2 is 1.73 bits per heavy atom.